The van der Waals surface area contributed by atoms with Crippen LogP contribution in [0.3, 0.4) is 0 Å². The van der Waals surface area contributed by atoms with E-state index in [9.17, 15) is 8.78 Å². The van der Waals surface area contributed by atoms with Gasteiger partial charge in [-0.1, -0.05) is 0 Å². The number of rotatable bonds is 4. The van der Waals surface area contributed by atoms with Crippen LogP contribution < -0.4 is 4.90 Å². The van der Waals surface area contributed by atoms with Gasteiger partial charge in [0.05, 0.1) is 17.9 Å². The van der Waals surface area contributed by atoms with Crippen LogP contribution in [0, 0.1) is 23.0 Å². The van der Waals surface area contributed by atoms with Crippen LogP contribution in [0.1, 0.15) is 19.4 Å². The highest BCUT2D eigenvalue weighted by Gasteiger charge is 2.19. The molecule has 1 aromatic carbocycles. The van der Waals surface area contributed by atoms with Crippen molar-refractivity contribution in [2.24, 2.45) is 0 Å². The largest absolute Gasteiger partial charge is 0.395 e. The van der Waals surface area contributed by atoms with Crippen molar-refractivity contribution in [1.29, 1.82) is 5.26 Å². The van der Waals surface area contributed by atoms with Crippen LogP contribution in [0.15, 0.2) is 12.1 Å². The van der Waals surface area contributed by atoms with Gasteiger partial charge in [0.25, 0.3) is 0 Å². The molecule has 0 fully saturated rings. The summed E-state index contributed by atoms with van der Waals surface area (Å²) < 4.78 is 27.2. The van der Waals surface area contributed by atoms with E-state index in [0.29, 0.717) is 0 Å². The van der Waals surface area contributed by atoms with Crippen LogP contribution in [-0.2, 0) is 0 Å². The highest BCUT2D eigenvalue weighted by molar-refractivity contribution is 5.52. The number of aliphatic hydroxyl groups is 1. The second-order valence-electron chi connectivity index (χ2n) is 3.88. The fourth-order valence-corrected chi connectivity index (χ4v) is 1.61. The van der Waals surface area contributed by atoms with Crippen molar-refractivity contribution >= 4 is 5.69 Å². The highest BCUT2D eigenvalue weighted by Crippen LogP contribution is 2.25. The standard InChI is InChI=1S/C12H14F2N2O/c1-8(2)16(5-6-17)10-4-3-9(7-15)11(13)12(10)14/h3-4,8,17H,5-6H2,1-2H3. The molecule has 0 saturated carbocycles. The van der Waals surface area contributed by atoms with E-state index in [1.165, 1.54) is 12.1 Å². The number of hydrogen-bond donors (Lipinski definition) is 1. The van der Waals surface area contributed by atoms with E-state index in [1.807, 2.05) is 13.8 Å². The first-order chi connectivity index (χ1) is 8.02. The fraction of sp³-hybridized carbons (Fsp3) is 0.417. The third kappa shape index (κ3) is 2.71. The Morgan fingerprint density at radius 2 is 2.00 bits per heavy atom. The summed E-state index contributed by atoms with van der Waals surface area (Å²) in [5.74, 6) is -2.19. The SMILES string of the molecule is CC(C)N(CCO)c1ccc(C#N)c(F)c1F. The van der Waals surface area contributed by atoms with E-state index in [-0.39, 0.29) is 30.4 Å². The average molecular weight is 240 g/mol. The summed E-state index contributed by atoms with van der Waals surface area (Å²) in [5, 5.41) is 17.5. The van der Waals surface area contributed by atoms with Gasteiger partial charge < -0.3 is 10.0 Å². The molecule has 0 saturated heterocycles. The zero-order chi connectivity index (χ0) is 13.0. The second-order valence-corrected chi connectivity index (χ2v) is 3.88. The lowest BCUT2D eigenvalue weighted by Crippen LogP contribution is -2.34. The zero-order valence-electron chi connectivity index (χ0n) is 9.74. The molecule has 0 unspecified atom stereocenters. The summed E-state index contributed by atoms with van der Waals surface area (Å²) >= 11 is 0. The molecular formula is C12H14F2N2O. The molecular weight excluding hydrogens is 226 g/mol. The minimum Gasteiger partial charge on any atom is -0.395 e. The quantitative estimate of drug-likeness (QED) is 0.876. The monoisotopic (exact) mass is 240 g/mol. The normalized spacial score (nSPS) is 10.4. The second kappa shape index (κ2) is 5.60. The Balaban J connectivity index is 3.22. The molecule has 0 bridgehead atoms. The van der Waals surface area contributed by atoms with Crippen LogP contribution in [0.4, 0.5) is 14.5 Å². The van der Waals surface area contributed by atoms with Gasteiger partial charge in [0.2, 0.25) is 0 Å². The summed E-state index contributed by atoms with van der Waals surface area (Å²) in [6, 6.07) is 4.09. The molecule has 1 rings (SSSR count). The van der Waals surface area contributed by atoms with E-state index in [1.54, 1.807) is 11.0 Å². The van der Waals surface area contributed by atoms with Gasteiger partial charge in [0.1, 0.15) is 6.07 Å². The van der Waals surface area contributed by atoms with Gasteiger partial charge in [0, 0.05) is 12.6 Å². The molecule has 0 aromatic heterocycles. The van der Waals surface area contributed by atoms with Gasteiger partial charge in [-0.15, -0.1) is 0 Å². The Hall–Kier alpha value is -1.67. The van der Waals surface area contributed by atoms with Gasteiger partial charge in [-0.2, -0.15) is 5.26 Å². The maximum Gasteiger partial charge on any atom is 0.183 e. The summed E-state index contributed by atoms with van der Waals surface area (Å²) in [6.45, 7) is 3.68. The Bertz CT molecular complexity index is 441. The molecule has 1 aromatic rings. The predicted molar refractivity (Wildman–Crippen MR) is 60.6 cm³/mol. The van der Waals surface area contributed by atoms with Gasteiger partial charge in [0.15, 0.2) is 11.6 Å². The lowest BCUT2D eigenvalue weighted by Gasteiger charge is -2.28. The van der Waals surface area contributed by atoms with Crippen LogP contribution in [0.5, 0.6) is 0 Å². The molecule has 17 heavy (non-hydrogen) atoms. The van der Waals surface area contributed by atoms with E-state index in [0.717, 1.165) is 0 Å². The first-order valence-electron chi connectivity index (χ1n) is 5.28. The zero-order valence-corrected chi connectivity index (χ0v) is 9.74. The predicted octanol–water partition coefficient (Wildman–Crippen LogP) is 2.04. The van der Waals surface area contributed by atoms with Gasteiger partial charge in [-0.05, 0) is 26.0 Å². The molecule has 0 atom stereocenters. The lowest BCUT2D eigenvalue weighted by atomic mass is 10.1. The number of halogens is 2. The maximum absolute atomic E-state index is 13.7. The smallest absolute Gasteiger partial charge is 0.183 e. The highest BCUT2D eigenvalue weighted by atomic mass is 19.2. The van der Waals surface area contributed by atoms with Crippen LogP contribution >= 0.6 is 0 Å². The Labute approximate surface area is 98.9 Å². The summed E-state index contributed by atoms with van der Waals surface area (Å²) in [4.78, 5) is 1.54. The lowest BCUT2D eigenvalue weighted by molar-refractivity contribution is 0.298. The third-order valence-electron chi connectivity index (χ3n) is 2.46. The van der Waals surface area contributed by atoms with E-state index < -0.39 is 11.6 Å². The van der Waals surface area contributed by atoms with Gasteiger partial charge in [-0.3, -0.25) is 0 Å². The number of nitriles is 1. The van der Waals surface area contributed by atoms with Crippen molar-refractivity contribution < 1.29 is 13.9 Å². The average Bonchev–Trinajstić information content (AvgIpc) is 2.30. The number of nitrogens with zero attached hydrogens (tertiary/aromatic N) is 2. The number of anilines is 1. The Morgan fingerprint density at radius 1 is 1.35 bits per heavy atom. The molecule has 5 heteroatoms. The van der Waals surface area contributed by atoms with Crippen molar-refractivity contribution in [2.75, 3.05) is 18.1 Å². The molecule has 0 aliphatic carbocycles. The van der Waals surface area contributed by atoms with Crippen molar-refractivity contribution in [2.45, 2.75) is 19.9 Å². The van der Waals surface area contributed by atoms with Crippen LogP contribution in [0.2, 0.25) is 0 Å². The van der Waals surface area contributed by atoms with Crippen LogP contribution in [0.25, 0.3) is 0 Å². The fourth-order valence-electron chi connectivity index (χ4n) is 1.61. The van der Waals surface area contributed by atoms with Crippen molar-refractivity contribution in [3.8, 4) is 6.07 Å². The minimum absolute atomic E-state index is 0.0607. The van der Waals surface area contributed by atoms with Crippen molar-refractivity contribution in [3.63, 3.8) is 0 Å². The van der Waals surface area contributed by atoms with E-state index in [4.69, 9.17) is 10.4 Å². The summed E-state index contributed by atoms with van der Waals surface area (Å²) in [5.41, 5.74) is -0.260. The number of aliphatic hydroxyl groups excluding tert-OH is 1. The summed E-state index contributed by atoms with van der Waals surface area (Å²) in [6.07, 6.45) is 0. The van der Waals surface area contributed by atoms with Gasteiger partial charge in [-0.25, -0.2) is 8.78 Å². The Kier molecular flexibility index (Phi) is 4.41. The van der Waals surface area contributed by atoms with Gasteiger partial charge >= 0.3 is 0 Å². The Morgan fingerprint density at radius 3 is 2.47 bits per heavy atom. The van der Waals surface area contributed by atoms with Crippen molar-refractivity contribution in [1.82, 2.24) is 0 Å². The first-order valence-corrected chi connectivity index (χ1v) is 5.28. The number of hydrogen-bond acceptors (Lipinski definition) is 3. The molecule has 0 aliphatic heterocycles. The molecule has 92 valence electrons. The minimum atomic E-state index is -1.14. The van der Waals surface area contributed by atoms with Crippen molar-refractivity contribution in [3.05, 3.63) is 29.3 Å². The molecule has 0 heterocycles. The first kappa shape index (κ1) is 13.4. The molecule has 0 aliphatic rings. The maximum atomic E-state index is 13.7. The molecule has 0 amide bonds. The molecule has 0 spiro atoms. The van der Waals surface area contributed by atoms with E-state index in [2.05, 4.69) is 0 Å². The molecule has 3 nitrogen and oxygen atoms in total. The molecule has 1 N–H and O–H groups in total. The summed E-state index contributed by atoms with van der Waals surface area (Å²) in [7, 11) is 0. The molecule has 0 radical (unpaired) electrons. The number of benzene rings is 1. The third-order valence-corrected chi connectivity index (χ3v) is 2.46. The van der Waals surface area contributed by atoms with Crippen LogP contribution in [-0.4, -0.2) is 24.3 Å². The topological polar surface area (TPSA) is 47.3 Å². The van der Waals surface area contributed by atoms with E-state index >= 15 is 0 Å².